The van der Waals surface area contributed by atoms with Gasteiger partial charge in [0.25, 0.3) is 0 Å². The van der Waals surface area contributed by atoms with Gasteiger partial charge in [0.05, 0.1) is 12.5 Å². The lowest BCUT2D eigenvalue weighted by Gasteiger charge is -2.18. The number of ether oxygens (including phenoxy) is 1. The van der Waals surface area contributed by atoms with E-state index in [0.717, 1.165) is 15.6 Å². The van der Waals surface area contributed by atoms with Crippen molar-refractivity contribution in [3.05, 3.63) is 94.5 Å². The lowest BCUT2D eigenvalue weighted by atomic mass is 10.0. The Morgan fingerprint density at radius 3 is 2.37 bits per heavy atom. The molecule has 7 heteroatoms. The van der Waals surface area contributed by atoms with Gasteiger partial charge in [-0.2, -0.15) is 0 Å². The molecule has 0 aromatic heterocycles. The quantitative estimate of drug-likeness (QED) is 0.445. The van der Waals surface area contributed by atoms with Crippen LogP contribution in [0.4, 0.5) is 10.5 Å². The molecule has 6 nitrogen and oxygen atoms in total. The van der Waals surface area contributed by atoms with Crippen molar-refractivity contribution in [1.82, 2.24) is 5.32 Å². The number of benzene rings is 3. The van der Waals surface area contributed by atoms with Crippen molar-refractivity contribution in [1.29, 1.82) is 0 Å². The number of primary amides is 1. The van der Waals surface area contributed by atoms with Gasteiger partial charge < -0.3 is 21.1 Å². The lowest BCUT2D eigenvalue weighted by molar-refractivity contribution is -0.116. The van der Waals surface area contributed by atoms with Crippen molar-refractivity contribution in [2.45, 2.75) is 19.1 Å². The highest BCUT2D eigenvalue weighted by molar-refractivity contribution is 9.10. The van der Waals surface area contributed by atoms with E-state index >= 15 is 0 Å². The first-order chi connectivity index (χ1) is 14.5. The molecule has 0 bridgehead atoms. The Hall–Kier alpha value is -3.32. The molecule has 0 aliphatic carbocycles. The summed E-state index contributed by atoms with van der Waals surface area (Å²) >= 11 is 3.39. The van der Waals surface area contributed by atoms with Gasteiger partial charge in [0, 0.05) is 10.2 Å². The predicted molar refractivity (Wildman–Crippen MR) is 120 cm³/mol. The number of hydrogen-bond donors (Lipinski definition) is 3. The van der Waals surface area contributed by atoms with Crippen LogP contribution in [0.1, 0.15) is 23.6 Å². The molecule has 0 saturated carbocycles. The van der Waals surface area contributed by atoms with E-state index in [9.17, 15) is 9.59 Å². The Morgan fingerprint density at radius 2 is 1.70 bits per heavy atom. The summed E-state index contributed by atoms with van der Waals surface area (Å²) in [6.45, 7) is 0.472. The maximum absolute atomic E-state index is 12.5. The first kappa shape index (κ1) is 21.4. The number of amides is 3. The van der Waals surface area contributed by atoms with E-state index in [1.807, 2.05) is 54.6 Å². The Labute approximate surface area is 183 Å². The summed E-state index contributed by atoms with van der Waals surface area (Å²) < 4.78 is 6.60. The fourth-order valence-corrected chi connectivity index (χ4v) is 3.34. The number of carbonyl (C=O) groups is 2. The van der Waals surface area contributed by atoms with Crippen LogP contribution in [0, 0.1) is 0 Å². The minimum absolute atomic E-state index is 0.0473. The number of halogens is 1. The highest BCUT2D eigenvalue weighted by Crippen LogP contribution is 2.22. The molecule has 0 heterocycles. The SMILES string of the molecule is NC(=O)N[C@@H](CC(=O)Nc1ccc(OCc2ccccc2)cc1)c1cccc(Br)c1. The first-order valence-corrected chi connectivity index (χ1v) is 10.2. The molecule has 3 aromatic carbocycles. The summed E-state index contributed by atoms with van der Waals surface area (Å²) in [5.41, 5.74) is 7.77. The van der Waals surface area contributed by atoms with E-state index in [0.29, 0.717) is 18.0 Å². The zero-order chi connectivity index (χ0) is 21.3. The summed E-state index contributed by atoms with van der Waals surface area (Å²) in [5.74, 6) is 0.464. The molecule has 3 rings (SSSR count). The van der Waals surface area contributed by atoms with E-state index < -0.39 is 12.1 Å². The minimum atomic E-state index is -0.687. The Kier molecular flexibility index (Phi) is 7.45. The van der Waals surface area contributed by atoms with Gasteiger partial charge in [0.2, 0.25) is 5.91 Å². The van der Waals surface area contributed by atoms with Crippen LogP contribution in [0.25, 0.3) is 0 Å². The number of anilines is 1. The smallest absolute Gasteiger partial charge is 0.312 e. The summed E-state index contributed by atoms with van der Waals surface area (Å²) in [5, 5.41) is 5.45. The molecular formula is C23H22BrN3O3. The maximum Gasteiger partial charge on any atom is 0.312 e. The molecule has 0 spiro atoms. The standard InChI is InChI=1S/C23H22BrN3O3/c24-18-8-4-7-17(13-18)21(27-23(25)29)14-22(28)26-19-9-11-20(12-10-19)30-15-16-5-2-1-3-6-16/h1-13,21H,14-15H2,(H,26,28)(H3,25,27,29)/t21-/m0/s1. The average molecular weight is 468 g/mol. The Morgan fingerprint density at radius 1 is 0.967 bits per heavy atom. The predicted octanol–water partition coefficient (Wildman–Crippen LogP) is 4.77. The van der Waals surface area contributed by atoms with Crippen molar-refractivity contribution in [3.8, 4) is 5.75 Å². The van der Waals surface area contributed by atoms with Gasteiger partial charge in [-0.15, -0.1) is 0 Å². The van der Waals surface area contributed by atoms with Gasteiger partial charge in [-0.3, -0.25) is 4.79 Å². The number of urea groups is 1. The number of nitrogens with one attached hydrogen (secondary N) is 2. The third-order valence-electron chi connectivity index (χ3n) is 4.34. The van der Waals surface area contributed by atoms with Crippen molar-refractivity contribution in [3.63, 3.8) is 0 Å². The molecule has 0 saturated heterocycles. The lowest BCUT2D eigenvalue weighted by Crippen LogP contribution is -2.35. The van der Waals surface area contributed by atoms with Crippen LogP contribution in [0.15, 0.2) is 83.3 Å². The third kappa shape index (κ3) is 6.63. The second-order valence-corrected chi connectivity index (χ2v) is 7.58. The fourth-order valence-electron chi connectivity index (χ4n) is 2.92. The monoisotopic (exact) mass is 467 g/mol. The zero-order valence-corrected chi connectivity index (χ0v) is 17.8. The van der Waals surface area contributed by atoms with Crippen LogP contribution in [0.5, 0.6) is 5.75 Å². The molecule has 3 aromatic rings. The van der Waals surface area contributed by atoms with Crippen LogP contribution in [-0.4, -0.2) is 11.9 Å². The number of rotatable bonds is 8. The topological polar surface area (TPSA) is 93.5 Å². The van der Waals surface area contributed by atoms with Gasteiger partial charge in [-0.05, 0) is 47.5 Å². The first-order valence-electron chi connectivity index (χ1n) is 9.37. The van der Waals surface area contributed by atoms with Gasteiger partial charge >= 0.3 is 6.03 Å². The van der Waals surface area contributed by atoms with Crippen molar-refractivity contribution in [2.24, 2.45) is 5.73 Å². The van der Waals surface area contributed by atoms with Crippen LogP contribution >= 0.6 is 15.9 Å². The van der Waals surface area contributed by atoms with Crippen LogP contribution < -0.4 is 21.1 Å². The number of carbonyl (C=O) groups excluding carboxylic acids is 2. The van der Waals surface area contributed by atoms with Crippen molar-refractivity contribution >= 4 is 33.6 Å². The van der Waals surface area contributed by atoms with E-state index in [2.05, 4.69) is 26.6 Å². The highest BCUT2D eigenvalue weighted by Gasteiger charge is 2.18. The zero-order valence-electron chi connectivity index (χ0n) is 16.2. The van der Waals surface area contributed by atoms with E-state index in [-0.39, 0.29) is 12.3 Å². The Bertz CT molecular complexity index is 994. The number of hydrogen-bond acceptors (Lipinski definition) is 3. The molecule has 1 atom stereocenters. The summed E-state index contributed by atoms with van der Waals surface area (Å²) in [7, 11) is 0. The average Bonchev–Trinajstić information content (AvgIpc) is 2.73. The number of nitrogens with two attached hydrogens (primary N) is 1. The highest BCUT2D eigenvalue weighted by atomic mass is 79.9. The van der Waals surface area contributed by atoms with Crippen LogP contribution in [0.2, 0.25) is 0 Å². The summed E-state index contributed by atoms with van der Waals surface area (Å²) in [6, 6.07) is 23.2. The van der Waals surface area contributed by atoms with Gasteiger partial charge in [-0.25, -0.2) is 4.79 Å². The second kappa shape index (κ2) is 10.5. The van der Waals surface area contributed by atoms with Gasteiger partial charge in [0.15, 0.2) is 0 Å². The fraction of sp³-hybridized carbons (Fsp3) is 0.130. The molecule has 0 aliphatic rings. The molecule has 0 unspecified atom stereocenters. The van der Waals surface area contributed by atoms with Crippen LogP contribution in [0.3, 0.4) is 0 Å². The van der Waals surface area contributed by atoms with Crippen LogP contribution in [-0.2, 0) is 11.4 Å². The third-order valence-corrected chi connectivity index (χ3v) is 4.84. The van der Waals surface area contributed by atoms with Gasteiger partial charge in [-0.1, -0.05) is 58.4 Å². The molecule has 4 N–H and O–H groups in total. The Balaban J connectivity index is 1.58. The largest absolute Gasteiger partial charge is 0.489 e. The molecule has 30 heavy (non-hydrogen) atoms. The summed E-state index contributed by atoms with van der Waals surface area (Å²) in [4.78, 5) is 23.9. The molecule has 3 amide bonds. The van der Waals surface area contributed by atoms with Crippen molar-refractivity contribution < 1.29 is 14.3 Å². The maximum atomic E-state index is 12.5. The molecule has 0 aliphatic heterocycles. The second-order valence-electron chi connectivity index (χ2n) is 6.67. The molecule has 154 valence electrons. The summed E-state index contributed by atoms with van der Waals surface area (Å²) in [6.07, 6.45) is 0.0473. The van der Waals surface area contributed by atoms with E-state index in [4.69, 9.17) is 10.5 Å². The minimum Gasteiger partial charge on any atom is -0.489 e. The van der Waals surface area contributed by atoms with E-state index in [1.54, 1.807) is 24.3 Å². The molecule has 0 fully saturated rings. The normalized spacial score (nSPS) is 11.4. The van der Waals surface area contributed by atoms with Gasteiger partial charge in [0.1, 0.15) is 12.4 Å². The van der Waals surface area contributed by atoms with E-state index in [1.165, 1.54) is 0 Å². The molecule has 0 radical (unpaired) electrons. The molecular weight excluding hydrogens is 446 g/mol. The van der Waals surface area contributed by atoms with Crippen molar-refractivity contribution in [2.75, 3.05) is 5.32 Å².